The molecular weight excluding hydrogens is 267 g/mol. The average Bonchev–Trinajstić information content (AvgIpc) is 2.35. The highest BCUT2D eigenvalue weighted by Crippen LogP contribution is 2.39. The molecule has 2 rings (SSSR count). The molecule has 1 aliphatic carbocycles. The molecule has 0 aromatic heterocycles. The van der Waals surface area contributed by atoms with Crippen LogP contribution < -0.4 is 11.3 Å². The summed E-state index contributed by atoms with van der Waals surface area (Å²) >= 11 is 6.04. The maximum absolute atomic E-state index is 13.0. The molecule has 1 unspecified atom stereocenters. The van der Waals surface area contributed by atoms with Crippen LogP contribution in [0.2, 0.25) is 5.02 Å². The highest BCUT2D eigenvalue weighted by Gasteiger charge is 2.38. The molecule has 0 aliphatic heterocycles. The van der Waals surface area contributed by atoms with Gasteiger partial charge in [0, 0.05) is 18.2 Å². The third-order valence-electron chi connectivity index (χ3n) is 4.03. The van der Waals surface area contributed by atoms with E-state index < -0.39 is 0 Å². The number of hydrazine groups is 1. The van der Waals surface area contributed by atoms with Crippen molar-refractivity contribution >= 4 is 11.6 Å². The van der Waals surface area contributed by atoms with Gasteiger partial charge in [-0.2, -0.15) is 0 Å². The lowest BCUT2D eigenvalue weighted by Gasteiger charge is -2.42. The molecule has 19 heavy (non-hydrogen) atoms. The SMILES string of the molecule is COC1(CC(Cc2ccc(F)cc2Cl)NN)CCC1. The molecule has 1 aromatic rings. The Balaban J connectivity index is 2.02. The molecule has 3 nitrogen and oxygen atoms in total. The Morgan fingerprint density at radius 2 is 2.26 bits per heavy atom. The van der Waals surface area contributed by atoms with Crippen LogP contribution in [0.1, 0.15) is 31.2 Å². The highest BCUT2D eigenvalue weighted by atomic mass is 35.5. The number of rotatable bonds is 6. The molecule has 1 saturated carbocycles. The van der Waals surface area contributed by atoms with Gasteiger partial charge in [0.05, 0.1) is 5.60 Å². The molecule has 0 saturated heterocycles. The van der Waals surface area contributed by atoms with Crippen molar-refractivity contribution in [1.29, 1.82) is 0 Å². The van der Waals surface area contributed by atoms with Crippen molar-refractivity contribution in [2.24, 2.45) is 5.84 Å². The minimum absolute atomic E-state index is 0.0520. The normalized spacial score (nSPS) is 18.9. The number of hydrogen-bond acceptors (Lipinski definition) is 3. The fourth-order valence-electron chi connectivity index (χ4n) is 2.65. The fraction of sp³-hybridized carbons (Fsp3) is 0.571. The van der Waals surface area contributed by atoms with Gasteiger partial charge in [0.15, 0.2) is 0 Å². The minimum Gasteiger partial charge on any atom is -0.378 e. The van der Waals surface area contributed by atoms with Crippen molar-refractivity contribution in [2.45, 2.75) is 43.7 Å². The van der Waals surface area contributed by atoms with Crippen LogP contribution in [-0.2, 0) is 11.2 Å². The van der Waals surface area contributed by atoms with Crippen LogP contribution in [0.25, 0.3) is 0 Å². The topological polar surface area (TPSA) is 47.3 Å². The molecule has 0 spiro atoms. The van der Waals surface area contributed by atoms with Crippen molar-refractivity contribution in [3.8, 4) is 0 Å². The predicted molar refractivity (Wildman–Crippen MR) is 74.4 cm³/mol. The van der Waals surface area contributed by atoms with Gasteiger partial charge in [-0.1, -0.05) is 17.7 Å². The van der Waals surface area contributed by atoms with E-state index in [2.05, 4.69) is 5.43 Å². The zero-order valence-corrected chi connectivity index (χ0v) is 11.8. The van der Waals surface area contributed by atoms with E-state index in [9.17, 15) is 4.39 Å². The second-order valence-corrected chi connectivity index (χ2v) is 5.66. The van der Waals surface area contributed by atoms with Crippen molar-refractivity contribution in [3.63, 3.8) is 0 Å². The van der Waals surface area contributed by atoms with Crippen LogP contribution in [-0.4, -0.2) is 18.8 Å². The van der Waals surface area contributed by atoms with Gasteiger partial charge < -0.3 is 4.74 Å². The van der Waals surface area contributed by atoms with Crippen LogP contribution in [0.15, 0.2) is 18.2 Å². The summed E-state index contributed by atoms with van der Waals surface area (Å²) < 4.78 is 18.6. The van der Waals surface area contributed by atoms with Gasteiger partial charge in [-0.25, -0.2) is 4.39 Å². The van der Waals surface area contributed by atoms with Crippen LogP contribution in [0, 0.1) is 5.82 Å². The number of nitrogens with two attached hydrogens (primary N) is 1. The third-order valence-corrected chi connectivity index (χ3v) is 4.39. The maximum Gasteiger partial charge on any atom is 0.124 e. The van der Waals surface area contributed by atoms with E-state index in [0.717, 1.165) is 24.8 Å². The van der Waals surface area contributed by atoms with Gasteiger partial charge in [-0.15, -0.1) is 0 Å². The van der Waals surface area contributed by atoms with E-state index in [1.165, 1.54) is 18.6 Å². The van der Waals surface area contributed by atoms with Crippen LogP contribution in [0.4, 0.5) is 4.39 Å². The van der Waals surface area contributed by atoms with Gasteiger partial charge in [-0.3, -0.25) is 11.3 Å². The summed E-state index contributed by atoms with van der Waals surface area (Å²) in [5.41, 5.74) is 3.67. The molecule has 106 valence electrons. The lowest BCUT2D eigenvalue weighted by molar-refractivity contribution is -0.0834. The quantitative estimate of drug-likeness (QED) is 0.624. The number of benzene rings is 1. The standard InChI is InChI=1S/C14H20ClFN2O/c1-19-14(5-2-6-14)9-12(18-17)7-10-3-4-11(16)8-13(10)15/h3-4,8,12,18H,2,5-7,9,17H2,1H3. The Kier molecular flexibility index (Phi) is 4.79. The molecule has 0 amide bonds. The van der Waals surface area contributed by atoms with E-state index >= 15 is 0 Å². The number of nitrogens with one attached hydrogen (secondary N) is 1. The van der Waals surface area contributed by atoms with Crippen LogP contribution in [0.5, 0.6) is 0 Å². The zero-order chi connectivity index (χ0) is 13.9. The van der Waals surface area contributed by atoms with Crippen molar-refractivity contribution < 1.29 is 9.13 Å². The highest BCUT2D eigenvalue weighted by molar-refractivity contribution is 6.31. The second-order valence-electron chi connectivity index (χ2n) is 5.25. The summed E-state index contributed by atoms with van der Waals surface area (Å²) in [5, 5.41) is 0.445. The monoisotopic (exact) mass is 286 g/mol. The summed E-state index contributed by atoms with van der Waals surface area (Å²) in [7, 11) is 1.75. The van der Waals surface area contributed by atoms with Gasteiger partial charge in [0.1, 0.15) is 5.82 Å². The Bertz CT molecular complexity index is 432. The molecule has 1 aliphatic rings. The van der Waals surface area contributed by atoms with Gasteiger partial charge >= 0.3 is 0 Å². The van der Waals surface area contributed by atoms with E-state index in [0.29, 0.717) is 11.4 Å². The lowest BCUT2D eigenvalue weighted by atomic mass is 9.75. The van der Waals surface area contributed by atoms with E-state index in [1.54, 1.807) is 13.2 Å². The van der Waals surface area contributed by atoms with Crippen LogP contribution in [0.3, 0.4) is 0 Å². The number of halogens is 2. The summed E-state index contributed by atoms with van der Waals surface area (Å²) in [5.74, 6) is 5.30. The van der Waals surface area contributed by atoms with E-state index in [4.69, 9.17) is 22.2 Å². The van der Waals surface area contributed by atoms with Crippen molar-refractivity contribution in [1.82, 2.24) is 5.43 Å². The van der Waals surface area contributed by atoms with Gasteiger partial charge in [0.25, 0.3) is 0 Å². The average molecular weight is 287 g/mol. The first-order valence-corrected chi connectivity index (χ1v) is 6.91. The minimum atomic E-state index is -0.321. The first kappa shape index (κ1) is 14.7. The molecule has 1 fully saturated rings. The Morgan fingerprint density at radius 3 is 2.74 bits per heavy atom. The van der Waals surface area contributed by atoms with Crippen LogP contribution >= 0.6 is 11.6 Å². The smallest absolute Gasteiger partial charge is 0.124 e. The summed E-state index contributed by atoms with van der Waals surface area (Å²) in [6, 6.07) is 4.54. The molecule has 5 heteroatoms. The largest absolute Gasteiger partial charge is 0.378 e. The Labute approximate surface area is 118 Å². The molecule has 0 bridgehead atoms. The molecule has 3 N–H and O–H groups in total. The van der Waals surface area contributed by atoms with E-state index in [1.807, 2.05) is 0 Å². The Morgan fingerprint density at radius 1 is 1.53 bits per heavy atom. The first-order chi connectivity index (χ1) is 9.08. The van der Waals surface area contributed by atoms with E-state index in [-0.39, 0.29) is 17.5 Å². The van der Waals surface area contributed by atoms with Gasteiger partial charge in [0.2, 0.25) is 0 Å². The fourth-order valence-corrected chi connectivity index (χ4v) is 2.90. The molecule has 0 radical (unpaired) electrons. The lowest BCUT2D eigenvalue weighted by Crippen LogP contribution is -2.48. The van der Waals surface area contributed by atoms with Crippen molar-refractivity contribution in [3.05, 3.63) is 34.6 Å². The number of methoxy groups -OCH3 is 1. The first-order valence-electron chi connectivity index (χ1n) is 6.54. The molecule has 1 atom stereocenters. The Hall–Kier alpha value is -0.680. The van der Waals surface area contributed by atoms with Gasteiger partial charge in [-0.05, 0) is 49.8 Å². The predicted octanol–water partition coefficient (Wildman–Crippen LogP) is 2.81. The second kappa shape index (κ2) is 6.18. The summed E-state index contributed by atoms with van der Waals surface area (Å²) in [6.45, 7) is 0. The molecule has 0 heterocycles. The molecule has 1 aromatic carbocycles. The summed E-state index contributed by atoms with van der Waals surface area (Å²) in [4.78, 5) is 0. The molecular formula is C14H20ClFN2O. The summed E-state index contributed by atoms with van der Waals surface area (Å²) in [6.07, 6.45) is 4.84. The van der Waals surface area contributed by atoms with Crippen molar-refractivity contribution in [2.75, 3.05) is 7.11 Å². The third kappa shape index (κ3) is 3.45. The maximum atomic E-state index is 13.0. The zero-order valence-electron chi connectivity index (χ0n) is 11.1. The number of hydrogen-bond donors (Lipinski definition) is 2. The number of ether oxygens (including phenoxy) is 1.